The third kappa shape index (κ3) is 3.57. The maximum Gasteiger partial charge on any atom is 0.394 e. The van der Waals surface area contributed by atoms with Crippen LogP contribution in [0.4, 0.5) is 23.8 Å². The summed E-state index contributed by atoms with van der Waals surface area (Å²) in [5, 5.41) is 15.7. The Kier molecular flexibility index (Phi) is 4.38. The van der Waals surface area contributed by atoms with E-state index in [9.17, 15) is 22.8 Å². The normalized spacial score (nSPS) is 25.0. The lowest BCUT2D eigenvalue weighted by Crippen LogP contribution is -2.35. The maximum atomic E-state index is 13.0. The van der Waals surface area contributed by atoms with Crippen LogP contribution in [0.15, 0.2) is 12.3 Å². The summed E-state index contributed by atoms with van der Waals surface area (Å²) in [6.45, 7) is 0.826. The Labute approximate surface area is 141 Å². The number of halogens is 3. The van der Waals surface area contributed by atoms with E-state index in [4.69, 9.17) is 5.11 Å². The maximum absolute atomic E-state index is 13.0. The van der Waals surface area contributed by atoms with Crippen LogP contribution < -0.4 is 5.32 Å². The number of aliphatic carboxylic acids is 1. The molecule has 1 aromatic rings. The lowest BCUT2D eigenvalue weighted by atomic mass is 9.96. The second-order valence-corrected chi connectivity index (χ2v) is 6.67. The molecule has 7 nitrogen and oxygen atoms in total. The van der Waals surface area contributed by atoms with Crippen molar-refractivity contribution in [1.29, 1.82) is 0 Å². The van der Waals surface area contributed by atoms with Gasteiger partial charge in [-0.3, -0.25) is 10.1 Å². The fraction of sp³-hybridized carbons (Fsp3) is 0.667. The van der Waals surface area contributed by atoms with Crippen LogP contribution in [0.3, 0.4) is 0 Å². The molecule has 0 aromatic carbocycles. The molecule has 1 saturated carbocycles. The number of anilines is 1. The lowest BCUT2D eigenvalue weighted by molar-refractivity contribution is -0.187. The van der Waals surface area contributed by atoms with Crippen LogP contribution in [0.25, 0.3) is 0 Å². The Hall–Kier alpha value is -2.26. The van der Waals surface area contributed by atoms with Gasteiger partial charge in [-0.2, -0.15) is 18.3 Å². The van der Waals surface area contributed by atoms with Gasteiger partial charge < -0.3 is 10.0 Å². The number of urea groups is 1. The van der Waals surface area contributed by atoms with Crippen molar-refractivity contribution < 1.29 is 27.9 Å². The fourth-order valence-corrected chi connectivity index (χ4v) is 3.26. The molecule has 3 atom stereocenters. The van der Waals surface area contributed by atoms with E-state index in [0.29, 0.717) is 11.7 Å². The van der Waals surface area contributed by atoms with E-state index in [-0.39, 0.29) is 6.04 Å². The molecule has 2 N–H and O–H groups in total. The Bertz CT molecular complexity index is 671. The molecular formula is C15H19F3N4O3. The van der Waals surface area contributed by atoms with Gasteiger partial charge in [0, 0.05) is 19.2 Å². The van der Waals surface area contributed by atoms with Crippen LogP contribution >= 0.6 is 0 Å². The molecule has 1 aliphatic carbocycles. The molecule has 1 saturated heterocycles. The molecule has 0 bridgehead atoms. The minimum absolute atomic E-state index is 0.0820. The van der Waals surface area contributed by atoms with E-state index in [1.165, 1.54) is 6.20 Å². The van der Waals surface area contributed by atoms with Crippen molar-refractivity contribution in [3.63, 3.8) is 0 Å². The number of rotatable bonds is 4. The molecule has 0 radical (unpaired) electrons. The summed E-state index contributed by atoms with van der Waals surface area (Å²) >= 11 is 0. The highest BCUT2D eigenvalue weighted by molar-refractivity contribution is 5.89. The van der Waals surface area contributed by atoms with Crippen LogP contribution in [-0.2, 0) is 4.79 Å². The van der Waals surface area contributed by atoms with E-state index in [1.807, 2.05) is 6.92 Å². The van der Waals surface area contributed by atoms with Gasteiger partial charge in [-0.1, -0.05) is 0 Å². The molecule has 2 fully saturated rings. The molecule has 2 amide bonds. The molecular weight excluding hydrogens is 341 g/mol. The topological polar surface area (TPSA) is 87.5 Å². The molecule has 0 spiro atoms. The van der Waals surface area contributed by atoms with E-state index >= 15 is 0 Å². The van der Waals surface area contributed by atoms with Crippen molar-refractivity contribution in [1.82, 2.24) is 14.7 Å². The number of hydrogen-bond acceptors (Lipinski definition) is 3. The Balaban J connectivity index is 1.70. The number of hydrogen-bond donors (Lipinski definition) is 2. The first-order chi connectivity index (χ1) is 11.7. The van der Waals surface area contributed by atoms with Crippen LogP contribution in [0.5, 0.6) is 0 Å². The zero-order valence-corrected chi connectivity index (χ0v) is 13.5. The van der Waals surface area contributed by atoms with Crippen molar-refractivity contribution in [3.05, 3.63) is 12.3 Å². The van der Waals surface area contributed by atoms with E-state index in [2.05, 4.69) is 10.4 Å². The van der Waals surface area contributed by atoms with Crippen molar-refractivity contribution in [2.45, 2.75) is 32.0 Å². The summed E-state index contributed by atoms with van der Waals surface area (Å²) in [7, 11) is 0. The third-order valence-electron chi connectivity index (χ3n) is 4.94. The number of likely N-dealkylation sites (tertiary alicyclic amines) is 1. The number of aromatic nitrogens is 2. The largest absolute Gasteiger partial charge is 0.481 e. The quantitative estimate of drug-likeness (QED) is 0.864. The average molecular weight is 360 g/mol. The van der Waals surface area contributed by atoms with E-state index in [1.54, 1.807) is 10.7 Å². The monoisotopic (exact) mass is 360 g/mol. The zero-order chi connectivity index (χ0) is 18.4. The highest BCUT2D eigenvalue weighted by Crippen LogP contribution is 2.40. The number of nitrogens with zero attached hydrogens (tertiary/aromatic N) is 3. The SMILES string of the molecule is CC(C1CC1)n1nccc1NC(=O)N1C[C@@H](C(F)(F)F)[C@H](C(=O)O)C1. The van der Waals surface area contributed by atoms with Crippen molar-refractivity contribution in [2.24, 2.45) is 17.8 Å². The van der Waals surface area contributed by atoms with E-state index < -0.39 is 43.1 Å². The number of carboxylic acids is 1. The van der Waals surface area contributed by atoms with Crippen LogP contribution in [0, 0.1) is 17.8 Å². The molecule has 2 aliphatic rings. The number of carbonyl (C=O) groups is 2. The number of carbonyl (C=O) groups excluding carboxylic acids is 1. The number of amides is 2. The van der Waals surface area contributed by atoms with Gasteiger partial charge in [-0.15, -0.1) is 0 Å². The van der Waals surface area contributed by atoms with Gasteiger partial charge in [0.05, 0.1) is 24.1 Å². The van der Waals surface area contributed by atoms with Gasteiger partial charge in [0.25, 0.3) is 0 Å². The van der Waals surface area contributed by atoms with Crippen LogP contribution in [0.2, 0.25) is 0 Å². The van der Waals surface area contributed by atoms with Gasteiger partial charge in [-0.25, -0.2) is 9.48 Å². The minimum Gasteiger partial charge on any atom is -0.481 e. The number of alkyl halides is 3. The van der Waals surface area contributed by atoms with Crippen molar-refractivity contribution >= 4 is 17.8 Å². The predicted molar refractivity (Wildman–Crippen MR) is 80.9 cm³/mol. The molecule has 1 unspecified atom stereocenters. The van der Waals surface area contributed by atoms with Gasteiger partial charge in [0.2, 0.25) is 0 Å². The third-order valence-corrected chi connectivity index (χ3v) is 4.94. The fourth-order valence-electron chi connectivity index (χ4n) is 3.26. The highest BCUT2D eigenvalue weighted by Gasteiger charge is 2.53. The standard InChI is InChI=1S/C15H19F3N4O3/c1-8(9-2-3-9)22-12(4-5-19-22)20-14(25)21-6-10(13(23)24)11(7-21)15(16,17)18/h4-5,8-11H,2-3,6-7H2,1H3,(H,20,25)(H,23,24)/t8?,10-,11-/m1/s1. The Morgan fingerprint density at radius 1 is 1.36 bits per heavy atom. The summed E-state index contributed by atoms with van der Waals surface area (Å²) in [5.74, 6) is -4.39. The average Bonchev–Trinajstić information content (AvgIpc) is 3.08. The highest BCUT2D eigenvalue weighted by atomic mass is 19.4. The molecule has 1 aromatic heterocycles. The lowest BCUT2D eigenvalue weighted by Gasteiger charge is -2.20. The number of nitrogens with one attached hydrogen (secondary N) is 1. The molecule has 138 valence electrons. The number of carboxylic acid groups (broad SMARTS) is 1. The first-order valence-corrected chi connectivity index (χ1v) is 8.07. The van der Waals surface area contributed by atoms with Gasteiger partial charge in [0.15, 0.2) is 0 Å². The molecule has 3 rings (SSSR count). The van der Waals surface area contributed by atoms with Gasteiger partial charge >= 0.3 is 18.2 Å². The first-order valence-electron chi connectivity index (χ1n) is 8.07. The smallest absolute Gasteiger partial charge is 0.394 e. The minimum atomic E-state index is -4.67. The zero-order valence-electron chi connectivity index (χ0n) is 13.5. The second-order valence-electron chi connectivity index (χ2n) is 6.67. The molecule has 2 heterocycles. The van der Waals surface area contributed by atoms with E-state index in [0.717, 1.165) is 17.7 Å². The summed E-state index contributed by atoms with van der Waals surface area (Å²) < 4.78 is 40.7. The summed E-state index contributed by atoms with van der Waals surface area (Å²) in [5.41, 5.74) is 0. The Morgan fingerprint density at radius 2 is 2.04 bits per heavy atom. The second kappa shape index (κ2) is 6.23. The van der Waals surface area contributed by atoms with Crippen molar-refractivity contribution in [3.8, 4) is 0 Å². The molecule has 25 heavy (non-hydrogen) atoms. The van der Waals surface area contributed by atoms with Crippen molar-refractivity contribution in [2.75, 3.05) is 18.4 Å². The predicted octanol–water partition coefficient (Wildman–Crippen LogP) is 2.58. The summed E-state index contributed by atoms with van der Waals surface area (Å²) in [6.07, 6.45) is -1.00. The van der Waals surface area contributed by atoms with Gasteiger partial charge in [0.1, 0.15) is 5.82 Å². The Morgan fingerprint density at radius 3 is 2.56 bits per heavy atom. The van der Waals surface area contributed by atoms with Gasteiger partial charge in [-0.05, 0) is 25.7 Å². The first kappa shape index (κ1) is 17.6. The van der Waals surface area contributed by atoms with Crippen LogP contribution in [-0.4, -0.2) is 51.1 Å². The molecule has 1 aliphatic heterocycles. The summed E-state index contributed by atoms with van der Waals surface area (Å²) in [6, 6.07) is 0.907. The summed E-state index contributed by atoms with van der Waals surface area (Å²) in [4.78, 5) is 24.3. The van der Waals surface area contributed by atoms with Crippen LogP contribution in [0.1, 0.15) is 25.8 Å². The molecule has 10 heteroatoms.